The molecule has 0 saturated heterocycles. The summed E-state index contributed by atoms with van der Waals surface area (Å²) in [5.41, 5.74) is 2.65. The normalized spacial score (nSPS) is 14.3. The van der Waals surface area contributed by atoms with Crippen molar-refractivity contribution in [2.75, 3.05) is 26.2 Å². The summed E-state index contributed by atoms with van der Waals surface area (Å²) in [5, 5.41) is 15.9. The molecule has 4 nitrogen and oxygen atoms in total. The molecule has 2 atom stereocenters. The molecule has 0 aliphatic rings. The molecule has 0 bridgehead atoms. The fraction of sp³-hybridized carbons (Fsp3) is 0.650. The highest BCUT2D eigenvalue weighted by molar-refractivity contribution is 5.79. The molecule has 0 aliphatic carbocycles. The van der Waals surface area contributed by atoms with E-state index < -0.39 is 0 Å². The summed E-state index contributed by atoms with van der Waals surface area (Å²) in [7, 11) is 0. The van der Waals surface area contributed by atoms with Crippen molar-refractivity contribution in [3.05, 3.63) is 35.4 Å². The Morgan fingerprint density at radius 3 is 2.62 bits per heavy atom. The van der Waals surface area contributed by atoms with Gasteiger partial charge in [-0.05, 0) is 44.1 Å². The Morgan fingerprint density at radius 2 is 2.00 bits per heavy atom. The van der Waals surface area contributed by atoms with Gasteiger partial charge in [0.1, 0.15) is 0 Å². The van der Waals surface area contributed by atoms with E-state index in [1.54, 1.807) is 0 Å². The van der Waals surface area contributed by atoms with Crippen LogP contribution in [0.15, 0.2) is 29.3 Å². The van der Waals surface area contributed by atoms with Gasteiger partial charge in [0.15, 0.2) is 5.96 Å². The molecule has 0 radical (unpaired) electrons. The van der Waals surface area contributed by atoms with Gasteiger partial charge in [-0.15, -0.1) is 0 Å². The fourth-order valence-electron chi connectivity index (χ4n) is 2.82. The summed E-state index contributed by atoms with van der Waals surface area (Å²) in [4.78, 5) is 4.72. The first-order chi connectivity index (χ1) is 11.6. The monoisotopic (exact) mass is 333 g/mol. The highest BCUT2D eigenvalue weighted by Crippen LogP contribution is 2.15. The van der Waals surface area contributed by atoms with E-state index in [9.17, 15) is 5.11 Å². The van der Waals surface area contributed by atoms with Crippen LogP contribution in [0.5, 0.6) is 0 Å². The topological polar surface area (TPSA) is 56.7 Å². The predicted molar refractivity (Wildman–Crippen MR) is 104 cm³/mol. The van der Waals surface area contributed by atoms with Gasteiger partial charge in [0.25, 0.3) is 0 Å². The van der Waals surface area contributed by atoms with Gasteiger partial charge in [-0.2, -0.15) is 0 Å². The highest BCUT2D eigenvalue weighted by atomic mass is 16.3. The van der Waals surface area contributed by atoms with E-state index >= 15 is 0 Å². The molecule has 0 fully saturated rings. The summed E-state index contributed by atoms with van der Waals surface area (Å²) >= 11 is 0. The Morgan fingerprint density at radius 1 is 1.21 bits per heavy atom. The number of aliphatic imine (C=N–C) groups is 1. The number of aryl methyl sites for hydroxylation is 1. The Kier molecular flexibility index (Phi) is 10.2. The quantitative estimate of drug-likeness (QED) is 0.454. The van der Waals surface area contributed by atoms with Crippen LogP contribution in [0.4, 0.5) is 0 Å². The van der Waals surface area contributed by atoms with Gasteiger partial charge < -0.3 is 15.7 Å². The van der Waals surface area contributed by atoms with Crippen LogP contribution in [-0.4, -0.2) is 37.3 Å². The average Bonchev–Trinajstić information content (AvgIpc) is 2.57. The minimum atomic E-state index is 0.245. The molecule has 0 spiro atoms. The van der Waals surface area contributed by atoms with Crippen molar-refractivity contribution in [2.24, 2.45) is 10.9 Å². The number of nitrogens with zero attached hydrogens (tertiary/aromatic N) is 1. The van der Waals surface area contributed by atoms with Gasteiger partial charge in [-0.25, -0.2) is 0 Å². The minimum Gasteiger partial charge on any atom is -0.396 e. The van der Waals surface area contributed by atoms with Gasteiger partial charge >= 0.3 is 0 Å². The number of hydrogen-bond donors (Lipinski definition) is 3. The average molecular weight is 334 g/mol. The van der Waals surface area contributed by atoms with E-state index in [4.69, 9.17) is 4.99 Å². The van der Waals surface area contributed by atoms with Gasteiger partial charge in [0, 0.05) is 26.2 Å². The number of rotatable bonds is 10. The first kappa shape index (κ1) is 20.5. The van der Waals surface area contributed by atoms with Gasteiger partial charge in [-0.3, -0.25) is 4.99 Å². The molecule has 0 aromatic heterocycles. The highest BCUT2D eigenvalue weighted by Gasteiger charge is 2.09. The summed E-state index contributed by atoms with van der Waals surface area (Å²) in [5.74, 6) is 1.76. The SMILES string of the molecule is CCCC(CCO)CN=C(NCC)NCC(C)c1cccc(C)c1. The van der Waals surface area contributed by atoms with Crippen molar-refractivity contribution in [3.8, 4) is 0 Å². The Labute approximate surface area is 147 Å². The molecule has 1 aromatic rings. The number of hydrogen-bond acceptors (Lipinski definition) is 2. The first-order valence-electron chi connectivity index (χ1n) is 9.30. The third-order valence-electron chi connectivity index (χ3n) is 4.27. The van der Waals surface area contributed by atoms with E-state index in [0.29, 0.717) is 11.8 Å². The Bertz CT molecular complexity index is 482. The van der Waals surface area contributed by atoms with Crippen LogP contribution < -0.4 is 10.6 Å². The molecule has 1 rings (SSSR count). The van der Waals surface area contributed by atoms with Crippen LogP contribution in [0.2, 0.25) is 0 Å². The number of aliphatic hydroxyl groups is 1. The molecule has 4 heteroatoms. The molecular formula is C20H35N3O. The standard InChI is InChI=1S/C20H35N3O/c1-5-8-18(11-12-24)15-23-20(21-6-2)22-14-17(4)19-10-7-9-16(3)13-19/h7,9-10,13,17-18,24H,5-6,8,11-12,14-15H2,1-4H3,(H2,21,22,23). The fourth-order valence-corrected chi connectivity index (χ4v) is 2.82. The summed E-state index contributed by atoms with van der Waals surface area (Å²) in [6.45, 7) is 11.3. The lowest BCUT2D eigenvalue weighted by atomic mass is 9.99. The van der Waals surface area contributed by atoms with Crippen LogP contribution in [0.25, 0.3) is 0 Å². The van der Waals surface area contributed by atoms with E-state index in [0.717, 1.165) is 44.9 Å². The number of nitrogens with one attached hydrogen (secondary N) is 2. The lowest BCUT2D eigenvalue weighted by molar-refractivity contribution is 0.253. The molecule has 1 aromatic carbocycles. The molecule has 0 saturated carbocycles. The van der Waals surface area contributed by atoms with Gasteiger partial charge in [0.2, 0.25) is 0 Å². The van der Waals surface area contributed by atoms with Crippen molar-refractivity contribution >= 4 is 5.96 Å². The summed E-state index contributed by atoms with van der Waals surface area (Å²) in [6.07, 6.45) is 3.08. The van der Waals surface area contributed by atoms with Crippen molar-refractivity contribution in [1.29, 1.82) is 0 Å². The number of aliphatic hydroxyl groups excluding tert-OH is 1. The third kappa shape index (κ3) is 7.82. The van der Waals surface area contributed by atoms with Crippen molar-refractivity contribution < 1.29 is 5.11 Å². The second-order valence-corrected chi connectivity index (χ2v) is 6.58. The van der Waals surface area contributed by atoms with Crippen LogP contribution in [0, 0.1) is 12.8 Å². The lowest BCUT2D eigenvalue weighted by Crippen LogP contribution is -2.39. The number of benzene rings is 1. The minimum absolute atomic E-state index is 0.245. The third-order valence-corrected chi connectivity index (χ3v) is 4.27. The zero-order valence-corrected chi connectivity index (χ0v) is 15.8. The lowest BCUT2D eigenvalue weighted by Gasteiger charge is -2.18. The van der Waals surface area contributed by atoms with Crippen LogP contribution in [-0.2, 0) is 0 Å². The van der Waals surface area contributed by atoms with Gasteiger partial charge in [-0.1, -0.05) is 50.1 Å². The van der Waals surface area contributed by atoms with Crippen LogP contribution in [0.1, 0.15) is 57.1 Å². The molecule has 0 aliphatic heterocycles. The van der Waals surface area contributed by atoms with Gasteiger partial charge in [0.05, 0.1) is 0 Å². The number of guanidine groups is 1. The zero-order valence-electron chi connectivity index (χ0n) is 15.8. The predicted octanol–water partition coefficient (Wildman–Crippen LogP) is 3.45. The van der Waals surface area contributed by atoms with E-state index in [1.807, 2.05) is 0 Å². The molecular weight excluding hydrogens is 298 g/mol. The summed E-state index contributed by atoms with van der Waals surface area (Å²) < 4.78 is 0. The summed E-state index contributed by atoms with van der Waals surface area (Å²) in [6, 6.07) is 8.67. The van der Waals surface area contributed by atoms with E-state index in [1.165, 1.54) is 11.1 Å². The van der Waals surface area contributed by atoms with Crippen LogP contribution >= 0.6 is 0 Å². The zero-order chi connectivity index (χ0) is 17.8. The maximum Gasteiger partial charge on any atom is 0.191 e. The maximum absolute atomic E-state index is 9.18. The van der Waals surface area contributed by atoms with Crippen molar-refractivity contribution in [2.45, 2.75) is 52.9 Å². The smallest absolute Gasteiger partial charge is 0.191 e. The molecule has 136 valence electrons. The van der Waals surface area contributed by atoms with E-state index in [-0.39, 0.29) is 6.61 Å². The molecule has 3 N–H and O–H groups in total. The Balaban J connectivity index is 2.59. The van der Waals surface area contributed by atoms with E-state index in [2.05, 4.69) is 62.6 Å². The largest absolute Gasteiger partial charge is 0.396 e. The molecule has 0 amide bonds. The van der Waals surface area contributed by atoms with Crippen LogP contribution in [0.3, 0.4) is 0 Å². The van der Waals surface area contributed by atoms with Crippen molar-refractivity contribution in [1.82, 2.24) is 10.6 Å². The Hall–Kier alpha value is -1.55. The van der Waals surface area contributed by atoms with Crippen molar-refractivity contribution in [3.63, 3.8) is 0 Å². The molecule has 2 unspecified atom stereocenters. The maximum atomic E-state index is 9.18. The second kappa shape index (κ2) is 11.9. The second-order valence-electron chi connectivity index (χ2n) is 6.58. The molecule has 0 heterocycles. The molecule has 24 heavy (non-hydrogen) atoms. The first-order valence-corrected chi connectivity index (χ1v) is 9.30.